The van der Waals surface area contributed by atoms with Gasteiger partial charge in [-0.3, -0.25) is 9.59 Å². The highest BCUT2D eigenvalue weighted by molar-refractivity contribution is 9.10. The van der Waals surface area contributed by atoms with E-state index < -0.39 is 0 Å². The number of amides is 1. The van der Waals surface area contributed by atoms with E-state index in [4.69, 9.17) is 9.26 Å². The van der Waals surface area contributed by atoms with Gasteiger partial charge in [-0.25, -0.2) is 0 Å². The first kappa shape index (κ1) is 21.5. The number of hydrogen-bond acceptors (Lipinski definition) is 6. The van der Waals surface area contributed by atoms with Gasteiger partial charge in [0.15, 0.2) is 0 Å². The number of benzene rings is 2. The second kappa shape index (κ2) is 9.61. The molecule has 0 aliphatic rings. The summed E-state index contributed by atoms with van der Waals surface area (Å²) in [4.78, 5) is 29.3. The summed E-state index contributed by atoms with van der Waals surface area (Å²) in [6.07, 6.45) is 1.52. The molecule has 2 aromatic carbocycles. The predicted molar refractivity (Wildman–Crippen MR) is 123 cm³/mol. The van der Waals surface area contributed by atoms with Gasteiger partial charge in [0.2, 0.25) is 11.7 Å². The second-order valence-electron chi connectivity index (χ2n) is 6.79. The summed E-state index contributed by atoms with van der Waals surface area (Å²) in [5, 5.41) is 6.79. The molecule has 9 heteroatoms. The number of rotatable bonds is 7. The van der Waals surface area contributed by atoms with Crippen LogP contribution < -0.4 is 15.6 Å². The zero-order valence-electron chi connectivity index (χ0n) is 17.1. The molecule has 0 radical (unpaired) electrons. The second-order valence-corrected chi connectivity index (χ2v) is 7.71. The first-order valence-electron chi connectivity index (χ1n) is 9.85. The Morgan fingerprint density at radius 3 is 2.62 bits per heavy atom. The molecular formula is C23H19BrN4O4. The van der Waals surface area contributed by atoms with E-state index >= 15 is 0 Å². The molecule has 1 amide bonds. The number of para-hydroxylation sites is 2. The minimum Gasteiger partial charge on any atom is -0.492 e. The van der Waals surface area contributed by atoms with Crippen LogP contribution >= 0.6 is 15.9 Å². The third kappa shape index (κ3) is 4.94. The van der Waals surface area contributed by atoms with Crippen molar-refractivity contribution in [2.45, 2.75) is 13.5 Å². The van der Waals surface area contributed by atoms with E-state index in [9.17, 15) is 9.59 Å². The van der Waals surface area contributed by atoms with Gasteiger partial charge < -0.3 is 19.1 Å². The molecule has 0 unspecified atom stereocenters. The third-order valence-corrected chi connectivity index (χ3v) is 5.06. The maximum atomic E-state index is 12.6. The SMILES string of the molecule is CCOc1ccccc1NC(=O)Cn1cc(-c2nc(-c3ccc(Br)cc3)no2)ccc1=O. The Kier molecular flexibility index (Phi) is 6.46. The van der Waals surface area contributed by atoms with Gasteiger partial charge in [-0.1, -0.05) is 33.2 Å². The van der Waals surface area contributed by atoms with Gasteiger partial charge in [0.05, 0.1) is 17.9 Å². The first-order chi connectivity index (χ1) is 15.5. The molecule has 0 saturated carbocycles. The molecule has 2 aromatic heterocycles. The average molecular weight is 495 g/mol. The van der Waals surface area contributed by atoms with Crippen molar-refractivity contribution in [1.29, 1.82) is 0 Å². The number of ether oxygens (including phenoxy) is 1. The van der Waals surface area contributed by atoms with E-state index in [2.05, 4.69) is 31.4 Å². The molecule has 32 heavy (non-hydrogen) atoms. The number of aromatic nitrogens is 3. The monoisotopic (exact) mass is 494 g/mol. The third-order valence-electron chi connectivity index (χ3n) is 4.53. The highest BCUT2D eigenvalue weighted by Crippen LogP contribution is 2.24. The average Bonchev–Trinajstić information content (AvgIpc) is 3.27. The Morgan fingerprint density at radius 1 is 1.09 bits per heavy atom. The Hall–Kier alpha value is -3.72. The fourth-order valence-electron chi connectivity index (χ4n) is 3.03. The molecule has 2 heterocycles. The van der Waals surface area contributed by atoms with Crippen LogP contribution in [0.3, 0.4) is 0 Å². The van der Waals surface area contributed by atoms with Gasteiger partial charge in [0.1, 0.15) is 12.3 Å². The highest BCUT2D eigenvalue weighted by Gasteiger charge is 2.14. The number of carbonyl (C=O) groups is 1. The Labute approximate surface area is 192 Å². The first-order valence-corrected chi connectivity index (χ1v) is 10.6. The van der Waals surface area contributed by atoms with Crippen LogP contribution in [-0.2, 0) is 11.3 Å². The van der Waals surface area contributed by atoms with E-state index in [-0.39, 0.29) is 23.9 Å². The largest absolute Gasteiger partial charge is 0.492 e. The lowest BCUT2D eigenvalue weighted by Crippen LogP contribution is -2.27. The number of carbonyl (C=O) groups excluding carboxylic acids is 1. The number of nitrogens with zero attached hydrogens (tertiary/aromatic N) is 3. The van der Waals surface area contributed by atoms with Crippen LogP contribution in [0.1, 0.15) is 6.92 Å². The summed E-state index contributed by atoms with van der Waals surface area (Å²) < 4.78 is 13.1. The van der Waals surface area contributed by atoms with Crippen molar-refractivity contribution in [2.24, 2.45) is 0 Å². The molecule has 8 nitrogen and oxygen atoms in total. The van der Waals surface area contributed by atoms with Crippen LogP contribution in [0.25, 0.3) is 22.8 Å². The van der Waals surface area contributed by atoms with Crippen LogP contribution in [0.2, 0.25) is 0 Å². The van der Waals surface area contributed by atoms with Crippen LogP contribution in [0.4, 0.5) is 5.69 Å². The van der Waals surface area contributed by atoms with E-state index in [1.165, 1.54) is 16.8 Å². The molecule has 0 fully saturated rings. The highest BCUT2D eigenvalue weighted by atomic mass is 79.9. The minimum absolute atomic E-state index is 0.180. The van der Waals surface area contributed by atoms with E-state index in [1.807, 2.05) is 37.3 Å². The summed E-state index contributed by atoms with van der Waals surface area (Å²) >= 11 is 3.39. The fraction of sp³-hybridized carbons (Fsp3) is 0.130. The quantitative estimate of drug-likeness (QED) is 0.409. The molecule has 1 N–H and O–H groups in total. The smallest absolute Gasteiger partial charge is 0.259 e. The van der Waals surface area contributed by atoms with Crippen molar-refractivity contribution >= 4 is 27.5 Å². The lowest BCUT2D eigenvalue weighted by molar-refractivity contribution is -0.116. The summed E-state index contributed by atoms with van der Waals surface area (Å²) in [6.45, 7) is 2.16. The number of hydrogen-bond donors (Lipinski definition) is 1. The molecule has 0 saturated heterocycles. The van der Waals surface area contributed by atoms with E-state index in [0.717, 1.165) is 10.0 Å². The lowest BCUT2D eigenvalue weighted by atomic mass is 10.2. The number of nitrogens with one attached hydrogen (secondary N) is 1. The molecule has 4 aromatic rings. The van der Waals surface area contributed by atoms with Gasteiger partial charge >= 0.3 is 0 Å². The van der Waals surface area contributed by atoms with Crippen molar-refractivity contribution in [3.63, 3.8) is 0 Å². The zero-order chi connectivity index (χ0) is 22.5. The summed E-state index contributed by atoms with van der Waals surface area (Å²) in [5.74, 6) is 0.877. The van der Waals surface area contributed by atoms with Gasteiger partial charge in [-0.2, -0.15) is 4.98 Å². The molecular weight excluding hydrogens is 476 g/mol. The molecule has 0 bridgehead atoms. The van der Waals surface area contributed by atoms with Crippen LogP contribution in [0.15, 0.2) is 80.7 Å². The summed E-state index contributed by atoms with van der Waals surface area (Å²) in [6, 6.07) is 17.6. The number of anilines is 1. The predicted octanol–water partition coefficient (Wildman–Crippen LogP) is 4.37. The van der Waals surface area contributed by atoms with Crippen LogP contribution in [0, 0.1) is 0 Å². The standard InChI is InChI=1S/C23H19BrN4O4/c1-2-31-19-6-4-3-5-18(19)25-20(29)14-28-13-16(9-12-21(28)30)23-26-22(27-32-23)15-7-10-17(24)11-8-15/h3-13H,2,14H2,1H3,(H,25,29). The maximum Gasteiger partial charge on any atom is 0.259 e. The van der Waals surface area contributed by atoms with Crippen molar-refractivity contribution in [3.05, 3.63) is 81.7 Å². The maximum absolute atomic E-state index is 12.6. The molecule has 162 valence electrons. The molecule has 0 spiro atoms. The minimum atomic E-state index is -0.363. The van der Waals surface area contributed by atoms with Gasteiger partial charge in [-0.05, 0) is 49.4 Å². The Morgan fingerprint density at radius 2 is 1.84 bits per heavy atom. The summed E-state index contributed by atoms with van der Waals surface area (Å²) in [5.41, 5.74) is 1.54. The van der Waals surface area contributed by atoms with Crippen molar-refractivity contribution in [1.82, 2.24) is 14.7 Å². The molecule has 0 aliphatic carbocycles. The fourth-order valence-corrected chi connectivity index (χ4v) is 3.30. The summed E-state index contributed by atoms with van der Waals surface area (Å²) in [7, 11) is 0. The Bertz CT molecular complexity index is 1300. The molecule has 4 rings (SSSR count). The zero-order valence-corrected chi connectivity index (χ0v) is 18.7. The van der Waals surface area contributed by atoms with E-state index in [1.54, 1.807) is 24.3 Å². The van der Waals surface area contributed by atoms with E-state index in [0.29, 0.717) is 29.4 Å². The number of halogens is 1. The van der Waals surface area contributed by atoms with Crippen molar-refractivity contribution < 1.29 is 14.1 Å². The van der Waals surface area contributed by atoms with Crippen LogP contribution in [0.5, 0.6) is 5.75 Å². The van der Waals surface area contributed by atoms with Crippen LogP contribution in [-0.4, -0.2) is 27.2 Å². The van der Waals surface area contributed by atoms with Crippen molar-refractivity contribution in [3.8, 4) is 28.6 Å². The number of pyridine rings is 1. The van der Waals surface area contributed by atoms with Gasteiger partial charge in [0.25, 0.3) is 11.4 Å². The molecule has 0 atom stereocenters. The Balaban J connectivity index is 1.53. The van der Waals surface area contributed by atoms with Crippen molar-refractivity contribution in [2.75, 3.05) is 11.9 Å². The van der Waals surface area contributed by atoms with Gasteiger partial charge in [-0.15, -0.1) is 0 Å². The normalized spacial score (nSPS) is 10.7. The molecule has 0 aliphatic heterocycles. The van der Waals surface area contributed by atoms with Gasteiger partial charge in [0, 0.05) is 22.3 Å². The topological polar surface area (TPSA) is 99.2 Å². The lowest BCUT2D eigenvalue weighted by Gasteiger charge is -2.12.